The molecule has 1 atom stereocenters. The number of nitrogens with zero attached hydrogens (tertiary/aromatic N) is 5. The lowest BCUT2D eigenvalue weighted by Crippen LogP contribution is -2.22. The summed E-state index contributed by atoms with van der Waals surface area (Å²) in [6.45, 7) is 2.92. The zero-order valence-electron chi connectivity index (χ0n) is 17.1. The Bertz CT molecular complexity index is 1200. The lowest BCUT2D eigenvalue weighted by atomic mass is 9.91. The zero-order chi connectivity index (χ0) is 20.7. The molecular formula is C23H23N5OS. The van der Waals surface area contributed by atoms with Crippen molar-refractivity contribution in [3.63, 3.8) is 0 Å². The van der Waals surface area contributed by atoms with Crippen LogP contribution >= 0.6 is 11.3 Å². The van der Waals surface area contributed by atoms with Crippen LogP contribution in [0.2, 0.25) is 0 Å². The third-order valence-corrected chi connectivity index (χ3v) is 6.65. The van der Waals surface area contributed by atoms with Crippen LogP contribution < -0.4 is 0 Å². The first-order valence-electron chi connectivity index (χ1n) is 10.2. The molecule has 0 N–H and O–H groups in total. The van der Waals surface area contributed by atoms with Gasteiger partial charge >= 0.3 is 0 Å². The van der Waals surface area contributed by atoms with Gasteiger partial charge in [-0.05, 0) is 19.3 Å². The summed E-state index contributed by atoms with van der Waals surface area (Å²) in [4.78, 5) is 23.7. The van der Waals surface area contributed by atoms with E-state index in [-0.39, 0.29) is 11.7 Å². The molecular weight excluding hydrogens is 394 g/mol. The number of benzene rings is 1. The highest BCUT2D eigenvalue weighted by Crippen LogP contribution is 2.31. The number of aromatic nitrogens is 5. The fraction of sp³-hybridized carbons (Fsp3) is 0.304. The minimum absolute atomic E-state index is 0.131. The van der Waals surface area contributed by atoms with Gasteiger partial charge in [0.05, 0.1) is 17.5 Å². The van der Waals surface area contributed by atoms with Gasteiger partial charge in [0.2, 0.25) is 0 Å². The number of ketones is 1. The predicted molar refractivity (Wildman–Crippen MR) is 117 cm³/mol. The monoisotopic (exact) mass is 417 g/mol. The van der Waals surface area contributed by atoms with Gasteiger partial charge in [0.1, 0.15) is 16.5 Å². The van der Waals surface area contributed by atoms with Gasteiger partial charge < -0.3 is 4.57 Å². The zero-order valence-corrected chi connectivity index (χ0v) is 17.9. The average molecular weight is 418 g/mol. The summed E-state index contributed by atoms with van der Waals surface area (Å²) in [5, 5.41) is 5.19. The predicted octanol–water partition coefficient (Wildman–Crippen LogP) is 4.55. The summed E-state index contributed by atoms with van der Waals surface area (Å²) in [5.74, 6) is 1.49. The van der Waals surface area contributed by atoms with Gasteiger partial charge in [-0.3, -0.25) is 9.48 Å². The average Bonchev–Trinajstić information content (AvgIpc) is 3.46. The first kappa shape index (κ1) is 18.9. The smallest absolute Gasteiger partial charge is 0.181 e. The third kappa shape index (κ3) is 3.50. The fourth-order valence-electron chi connectivity index (χ4n) is 4.18. The van der Waals surface area contributed by atoms with Gasteiger partial charge in [-0.1, -0.05) is 30.3 Å². The van der Waals surface area contributed by atoms with Crippen molar-refractivity contribution >= 4 is 17.1 Å². The molecule has 0 radical (unpaired) electrons. The largest absolute Gasteiger partial charge is 0.334 e. The van der Waals surface area contributed by atoms with Crippen molar-refractivity contribution in [2.45, 2.75) is 32.7 Å². The summed E-state index contributed by atoms with van der Waals surface area (Å²) in [5.41, 5.74) is 3.63. The molecule has 0 fully saturated rings. The second kappa shape index (κ2) is 7.65. The van der Waals surface area contributed by atoms with E-state index in [1.54, 1.807) is 22.2 Å². The first-order valence-corrected chi connectivity index (χ1v) is 11.0. The van der Waals surface area contributed by atoms with Crippen LogP contribution in [0.1, 0.15) is 34.0 Å². The van der Waals surface area contributed by atoms with E-state index in [1.807, 2.05) is 38.4 Å². The number of imidazole rings is 1. The molecule has 0 saturated heterocycles. The van der Waals surface area contributed by atoms with Crippen molar-refractivity contribution in [3.8, 4) is 21.8 Å². The van der Waals surface area contributed by atoms with E-state index >= 15 is 0 Å². The maximum absolute atomic E-state index is 13.2. The molecule has 1 unspecified atom stereocenters. The standard InChI is InChI=1S/C23H23N5OS/c1-15-12-24-23(30-15)18-13-25-27(2)22(18)20(29)10-16-8-9-28-14-19(26-21(28)11-16)17-6-4-3-5-7-17/h3-7,12-14,16H,8-11H2,1-2H3. The van der Waals surface area contributed by atoms with Crippen molar-refractivity contribution in [1.82, 2.24) is 24.3 Å². The summed E-state index contributed by atoms with van der Waals surface area (Å²) in [6.07, 6.45) is 8.03. The summed E-state index contributed by atoms with van der Waals surface area (Å²) in [7, 11) is 1.83. The molecule has 1 aromatic carbocycles. The van der Waals surface area contributed by atoms with Crippen molar-refractivity contribution in [3.05, 3.63) is 65.3 Å². The number of fused-ring (bicyclic) bond motifs is 1. The van der Waals surface area contributed by atoms with E-state index in [0.29, 0.717) is 12.1 Å². The second-order valence-electron chi connectivity index (χ2n) is 7.89. The molecule has 30 heavy (non-hydrogen) atoms. The van der Waals surface area contributed by atoms with Gasteiger partial charge in [0.15, 0.2) is 5.78 Å². The molecule has 4 heterocycles. The summed E-state index contributed by atoms with van der Waals surface area (Å²) >= 11 is 1.59. The molecule has 6 nitrogen and oxygen atoms in total. The molecule has 0 amide bonds. The summed E-state index contributed by atoms with van der Waals surface area (Å²) in [6, 6.07) is 10.2. The molecule has 4 aromatic rings. The molecule has 0 aliphatic carbocycles. The van der Waals surface area contributed by atoms with E-state index in [1.165, 1.54) is 0 Å². The molecule has 0 bridgehead atoms. The maximum Gasteiger partial charge on any atom is 0.181 e. The molecule has 5 rings (SSSR count). The Kier molecular flexibility index (Phi) is 4.83. The van der Waals surface area contributed by atoms with Crippen molar-refractivity contribution in [1.29, 1.82) is 0 Å². The van der Waals surface area contributed by atoms with Crippen LogP contribution in [0.4, 0.5) is 0 Å². The number of rotatable bonds is 5. The van der Waals surface area contributed by atoms with Gasteiger partial charge in [0.25, 0.3) is 0 Å². The topological polar surface area (TPSA) is 65.6 Å². The van der Waals surface area contributed by atoms with Crippen molar-refractivity contribution in [2.24, 2.45) is 13.0 Å². The highest BCUT2D eigenvalue weighted by atomic mass is 32.1. The van der Waals surface area contributed by atoms with Gasteiger partial charge in [0, 0.05) is 49.3 Å². The van der Waals surface area contributed by atoms with E-state index in [9.17, 15) is 4.79 Å². The van der Waals surface area contributed by atoms with Crippen LogP contribution in [0, 0.1) is 12.8 Å². The van der Waals surface area contributed by atoms with Crippen molar-refractivity contribution in [2.75, 3.05) is 0 Å². The quantitative estimate of drug-likeness (QED) is 0.447. The summed E-state index contributed by atoms with van der Waals surface area (Å²) < 4.78 is 3.92. The lowest BCUT2D eigenvalue weighted by Gasteiger charge is -2.22. The molecule has 152 valence electrons. The third-order valence-electron chi connectivity index (χ3n) is 5.71. The number of hydrogen-bond donors (Lipinski definition) is 0. The van der Waals surface area contributed by atoms with E-state index in [4.69, 9.17) is 4.98 Å². The Morgan fingerprint density at radius 3 is 2.83 bits per heavy atom. The number of carbonyl (C=O) groups is 1. The number of carbonyl (C=O) groups excluding carboxylic acids is 1. The number of hydrogen-bond acceptors (Lipinski definition) is 5. The number of thiazole rings is 1. The number of Topliss-reactive ketones (excluding diaryl/α,β-unsaturated/α-hetero) is 1. The lowest BCUT2D eigenvalue weighted by molar-refractivity contribution is 0.0945. The minimum Gasteiger partial charge on any atom is -0.334 e. The van der Waals surface area contributed by atoms with Crippen LogP contribution in [0.15, 0.2) is 48.9 Å². The van der Waals surface area contributed by atoms with Gasteiger partial charge in [-0.25, -0.2) is 9.97 Å². The van der Waals surface area contributed by atoms with Crippen LogP contribution in [-0.4, -0.2) is 30.1 Å². The fourth-order valence-corrected chi connectivity index (χ4v) is 4.95. The minimum atomic E-state index is 0.131. The van der Waals surface area contributed by atoms with Gasteiger partial charge in [-0.2, -0.15) is 5.10 Å². The molecule has 3 aromatic heterocycles. The SMILES string of the molecule is Cc1cnc(-c2cnn(C)c2C(=O)CC2CCn3cc(-c4ccccc4)nc3C2)s1. The Morgan fingerprint density at radius 1 is 1.23 bits per heavy atom. The van der Waals surface area contributed by atoms with E-state index in [2.05, 4.69) is 33.0 Å². The molecule has 1 aliphatic heterocycles. The highest BCUT2D eigenvalue weighted by Gasteiger charge is 2.27. The van der Waals surface area contributed by atoms with Crippen molar-refractivity contribution < 1.29 is 4.79 Å². The van der Waals surface area contributed by atoms with Crippen LogP contribution in [0.25, 0.3) is 21.8 Å². The maximum atomic E-state index is 13.2. The van der Waals surface area contributed by atoms with E-state index < -0.39 is 0 Å². The Balaban J connectivity index is 1.34. The highest BCUT2D eigenvalue weighted by molar-refractivity contribution is 7.15. The molecule has 0 spiro atoms. The van der Waals surface area contributed by atoms with Crippen LogP contribution in [0.3, 0.4) is 0 Å². The Morgan fingerprint density at radius 2 is 2.07 bits per heavy atom. The van der Waals surface area contributed by atoms with Crippen LogP contribution in [0.5, 0.6) is 0 Å². The molecule has 0 saturated carbocycles. The normalized spacial score (nSPS) is 15.9. The first-order chi connectivity index (χ1) is 14.6. The second-order valence-corrected chi connectivity index (χ2v) is 9.13. The molecule has 1 aliphatic rings. The Labute approximate surface area is 179 Å². The molecule has 7 heteroatoms. The van der Waals surface area contributed by atoms with Crippen LogP contribution in [-0.2, 0) is 20.0 Å². The number of aryl methyl sites for hydroxylation is 3. The van der Waals surface area contributed by atoms with Gasteiger partial charge in [-0.15, -0.1) is 11.3 Å². The van der Waals surface area contributed by atoms with E-state index in [0.717, 1.165) is 51.9 Å². The Hall–Kier alpha value is -3.06.